The number of carbonyl (C=O) groups is 1. The highest BCUT2D eigenvalue weighted by Crippen LogP contribution is 2.39. The van der Waals surface area contributed by atoms with Crippen LogP contribution in [0.1, 0.15) is 38.0 Å². The summed E-state index contributed by atoms with van der Waals surface area (Å²) >= 11 is 4.91. The summed E-state index contributed by atoms with van der Waals surface area (Å²) in [5.74, 6) is 0.191. The van der Waals surface area contributed by atoms with E-state index in [0.29, 0.717) is 31.0 Å². The fraction of sp³-hybridized carbons (Fsp3) is 0.500. The molecule has 0 aromatic carbocycles. The van der Waals surface area contributed by atoms with Gasteiger partial charge in [-0.05, 0) is 34.8 Å². The summed E-state index contributed by atoms with van der Waals surface area (Å²) in [4.78, 5) is 16.9. The predicted molar refractivity (Wildman–Crippen MR) is 82.2 cm³/mol. The molecule has 2 heterocycles. The van der Waals surface area contributed by atoms with E-state index in [4.69, 9.17) is 4.52 Å². The number of carboxylic acid groups (broad SMARTS) is 1. The van der Waals surface area contributed by atoms with Crippen LogP contribution in [0.25, 0.3) is 10.7 Å². The van der Waals surface area contributed by atoms with Crippen LogP contribution in [-0.4, -0.2) is 21.2 Å². The Hall–Kier alpha value is -1.21. The summed E-state index contributed by atoms with van der Waals surface area (Å²) in [6.45, 7) is 0. The molecular weight excluding hydrogens is 356 g/mol. The molecule has 0 aliphatic heterocycles. The Kier molecular flexibility index (Phi) is 4.12. The summed E-state index contributed by atoms with van der Waals surface area (Å²) in [5, 5.41) is 15.5. The molecule has 2 aromatic rings. The van der Waals surface area contributed by atoms with Crippen molar-refractivity contribution < 1.29 is 14.4 Å². The minimum absolute atomic E-state index is 0.321. The molecule has 0 bridgehead atoms. The second kappa shape index (κ2) is 5.88. The van der Waals surface area contributed by atoms with Crippen LogP contribution < -0.4 is 0 Å². The summed E-state index contributed by atoms with van der Waals surface area (Å²) < 4.78 is 6.25. The van der Waals surface area contributed by atoms with Gasteiger partial charge in [0.1, 0.15) is 0 Å². The third-order valence-electron chi connectivity index (χ3n) is 4.01. The maximum Gasteiger partial charge on any atom is 0.310 e. The van der Waals surface area contributed by atoms with Gasteiger partial charge >= 0.3 is 5.97 Å². The van der Waals surface area contributed by atoms with Crippen LogP contribution in [-0.2, 0) is 11.2 Å². The van der Waals surface area contributed by atoms with Crippen LogP contribution >= 0.6 is 27.3 Å². The Morgan fingerprint density at radius 1 is 1.43 bits per heavy atom. The summed E-state index contributed by atoms with van der Waals surface area (Å²) in [6, 6.07) is 1.92. The van der Waals surface area contributed by atoms with E-state index >= 15 is 0 Å². The van der Waals surface area contributed by atoms with Crippen LogP contribution in [0.4, 0.5) is 0 Å². The topological polar surface area (TPSA) is 76.2 Å². The fourth-order valence-corrected chi connectivity index (χ4v) is 4.19. The van der Waals surface area contributed by atoms with Gasteiger partial charge in [0.05, 0.1) is 10.3 Å². The molecule has 2 aromatic heterocycles. The minimum Gasteiger partial charge on any atom is -0.481 e. The van der Waals surface area contributed by atoms with Gasteiger partial charge in [-0.15, -0.1) is 11.3 Å². The van der Waals surface area contributed by atoms with Gasteiger partial charge in [0.25, 0.3) is 0 Å². The molecule has 0 radical (unpaired) electrons. The first-order chi connectivity index (χ1) is 10.1. The summed E-state index contributed by atoms with van der Waals surface area (Å²) in [7, 11) is 0. The Morgan fingerprint density at radius 3 is 2.81 bits per heavy atom. The first-order valence-corrected chi connectivity index (χ1v) is 8.57. The first kappa shape index (κ1) is 14.7. The molecule has 0 atom stereocenters. The number of aromatic nitrogens is 2. The number of hydrogen-bond acceptors (Lipinski definition) is 5. The molecule has 5 nitrogen and oxygen atoms in total. The molecular formula is C14H15BrN2O3S. The SMILES string of the molecule is O=C(O)C1(Cc2nc(-c3cc(Br)cs3)no2)CCCCC1. The molecule has 0 spiro atoms. The van der Waals surface area contributed by atoms with Crippen molar-refractivity contribution >= 4 is 33.2 Å². The molecule has 0 amide bonds. The van der Waals surface area contributed by atoms with Crippen molar-refractivity contribution in [3.63, 3.8) is 0 Å². The van der Waals surface area contributed by atoms with Gasteiger partial charge < -0.3 is 9.63 Å². The van der Waals surface area contributed by atoms with Crippen LogP contribution in [0.3, 0.4) is 0 Å². The van der Waals surface area contributed by atoms with Crippen molar-refractivity contribution in [1.82, 2.24) is 10.1 Å². The van der Waals surface area contributed by atoms with E-state index in [9.17, 15) is 9.90 Å². The van der Waals surface area contributed by atoms with Crippen LogP contribution in [0.15, 0.2) is 20.4 Å². The molecule has 1 fully saturated rings. The van der Waals surface area contributed by atoms with E-state index in [2.05, 4.69) is 26.1 Å². The van der Waals surface area contributed by atoms with Gasteiger partial charge in [-0.25, -0.2) is 0 Å². The van der Waals surface area contributed by atoms with Gasteiger partial charge in [-0.1, -0.05) is 24.4 Å². The second-order valence-electron chi connectivity index (χ2n) is 5.46. The molecule has 112 valence electrons. The normalized spacial score (nSPS) is 17.8. The van der Waals surface area contributed by atoms with Crippen LogP contribution in [0.5, 0.6) is 0 Å². The van der Waals surface area contributed by atoms with Crippen molar-refractivity contribution in [2.75, 3.05) is 0 Å². The third-order valence-corrected chi connectivity index (χ3v) is 5.70. The molecule has 1 saturated carbocycles. The van der Waals surface area contributed by atoms with Crippen molar-refractivity contribution in [3.05, 3.63) is 21.8 Å². The maximum absolute atomic E-state index is 11.7. The molecule has 1 N–H and O–H groups in total. The number of thiophene rings is 1. The first-order valence-electron chi connectivity index (χ1n) is 6.89. The third kappa shape index (κ3) is 3.03. The average Bonchev–Trinajstić information content (AvgIpc) is 3.08. The molecule has 3 rings (SSSR count). The Balaban J connectivity index is 1.81. The van der Waals surface area contributed by atoms with Gasteiger partial charge in [0.2, 0.25) is 11.7 Å². The van der Waals surface area contributed by atoms with Crippen molar-refractivity contribution in [2.24, 2.45) is 5.41 Å². The number of hydrogen-bond donors (Lipinski definition) is 1. The molecule has 7 heteroatoms. The molecule has 1 aliphatic carbocycles. The number of nitrogens with zero attached hydrogens (tertiary/aromatic N) is 2. The van der Waals surface area contributed by atoms with E-state index in [0.717, 1.165) is 28.6 Å². The summed E-state index contributed by atoms with van der Waals surface area (Å²) in [6.07, 6.45) is 4.70. The molecule has 0 saturated heterocycles. The van der Waals surface area contributed by atoms with E-state index in [1.54, 1.807) is 0 Å². The quantitative estimate of drug-likeness (QED) is 0.874. The lowest BCUT2D eigenvalue weighted by molar-refractivity contribution is -0.151. The monoisotopic (exact) mass is 370 g/mol. The van der Waals surface area contributed by atoms with Crippen molar-refractivity contribution in [3.8, 4) is 10.7 Å². The van der Waals surface area contributed by atoms with Gasteiger partial charge in [0.15, 0.2) is 0 Å². The van der Waals surface area contributed by atoms with Gasteiger partial charge in [0, 0.05) is 16.3 Å². The smallest absolute Gasteiger partial charge is 0.310 e. The minimum atomic E-state index is -0.749. The zero-order chi connectivity index (χ0) is 14.9. The number of carboxylic acids is 1. The Bertz CT molecular complexity index is 646. The molecule has 0 unspecified atom stereocenters. The predicted octanol–water partition coefficient (Wildman–Crippen LogP) is 4.14. The highest BCUT2D eigenvalue weighted by atomic mass is 79.9. The lowest BCUT2D eigenvalue weighted by atomic mass is 9.72. The zero-order valence-electron chi connectivity index (χ0n) is 11.3. The van der Waals surface area contributed by atoms with E-state index in [-0.39, 0.29) is 0 Å². The fourth-order valence-electron chi connectivity index (χ4n) is 2.84. The molecule has 21 heavy (non-hydrogen) atoms. The maximum atomic E-state index is 11.7. The lowest BCUT2D eigenvalue weighted by Crippen LogP contribution is -2.35. The van der Waals surface area contributed by atoms with Crippen LogP contribution in [0.2, 0.25) is 0 Å². The van der Waals surface area contributed by atoms with Gasteiger partial charge in [-0.2, -0.15) is 4.98 Å². The van der Waals surface area contributed by atoms with Gasteiger partial charge in [-0.3, -0.25) is 4.79 Å². The number of rotatable bonds is 4. The zero-order valence-corrected chi connectivity index (χ0v) is 13.7. The standard InChI is InChI=1S/C14H15BrN2O3S/c15-9-6-10(21-8-9)12-16-11(20-17-12)7-14(13(18)19)4-2-1-3-5-14/h6,8H,1-5,7H2,(H,18,19). The largest absolute Gasteiger partial charge is 0.481 e. The van der Waals surface area contributed by atoms with E-state index in [1.807, 2.05) is 11.4 Å². The van der Waals surface area contributed by atoms with Crippen LogP contribution in [0, 0.1) is 5.41 Å². The highest BCUT2D eigenvalue weighted by molar-refractivity contribution is 9.10. The number of aliphatic carboxylic acids is 1. The Morgan fingerprint density at radius 2 is 2.19 bits per heavy atom. The number of halogens is 1. The second-order valence-corrected chi connectivity index (χ2v) is 7.29. The van der Waals surface area contributed by atoms with Crippen molar-refractivity contribution in [2.45, 2.75) is 38.5 Å². The van der Waals surface area contributed by atoms with E-state index < -0.39 is 11.4 Å². The summed E-state index contributed by atoms with van der Waals surface area (Å²) in [5.41, 5.74) is -0.738. The lowest BCUT2D eigenvalue weighted by Gasteiger charge is -2.31. The Labute approximate surface area is 134 Å². The molecule has 1 aliphatic rings. The van der Waals surface area contributed by atoms with E-state index in [1.165, 1.54) is 11.3 Å². The average molecular weight is 371 g/mol. The highest BCUT2D eigenvalue weighted by Gasteiger charge is 2.41. The van der Waals surface area contributed by atoms with Crippen molar-refractivity contribution in [1.29, 1.82) is 0 Å².